The van der Waals surface area contributed by atoms with Crippen LogP contribution < -0.4 is 11.1 Å². The van der Waals surface area contributed by atoms with Crippen LogP contribution >= 0.6 is 12.2 Å². The van der Waals surface area contributed by atoms with Crippen molar-refractivity contribution < 1.29 is 4.79 Å². The molecule has 1 aliphatic heterocycles. The Morgan fingerprint density at radius 2 is 2.37 bits per heavy atom. The van der Waals surface area contributed by atoms with Crippen molar-refractivity contribution in [2.45, 2.75) is 25.9 Å². The number of nitrogens with two attached hydrogens (primary N) is 1. The van der Waals surface area contributed by atoms with E-state index < -0.39 is 0 Å². The molecular formula is C14H19N3OS. The monoisotopic (exact) mass is 277 g/mol. The van der Waals surface area contributed by atoms with E-state index in [1.807, 2.05) is 18.2 Å². The Hall–Kier alpha value is -1.46. The summed E-state index contributed by atoms with van der Waals surface area (Å²) in [5.41, 5.74) is 7.75. The molecule has 1 aliphatic rings. The average molecular weight is 277 g/mol. The van der Waals surface area contributed by atoms with Crippen LogP contribution in [0.4, 0.5) is 0 Å². The maximum atomic E-state index is 11.0. The molecule has 1 saturated heterocycles. The Labute approximate surface area is 119 Å². The fraction of sp³-hybridized carbons (Fsp3) is 0.429. The number of thiocarbonyl (C=S) groups is 1. The molecule has 3 N–H and O–H groups in total. The fourth-order valence-corrected chi connectivity index (χ4v) is 2.59. The van der Waals surface area contributed by atoms with Crippen LogP contribution in [0, 0.1) is 0 Å². The van der Waals surface area contributed by atoms with Crippen LogP contribution in [0.3, 0.4) is 0 Å². The lowest BCUT2D eigenvalue weighted by atomic mass is 10.1. The van der Waals surface area contributed by atoms with Crippen molar-refractivity contribution in [2.75, 3.05) is 13.1 Å². The topological polar surface area (TPSA) is 58.4 Å². The minimum Gasteiger partial charge on any atom is -0.389 e. The van der Waals surface area contributed by atoms with E-state index in [0.717, 1.165) is 31.6 Å². The fourth-order valence-electron chi connectivity index (χ4n) is 2.46. The zero-order valence-corrected chi connectivity index (χ0v) is 11.9. The van der Waals surface area contributed by atoms with Gasteiger partial charge in [-0.05, 0) is 18.1 Å². The van der Waals surface area contributed by atoms with E-state index in [0.29, 0.717) is 4.99 Å². The third kappa shape index (κ3) is 4.01. The molecule has 1 aromatic carbocycles. The van der Waals surface area contributed by atoms with Crippen LogP contribution in [0.25, 0.3) is 0 Å². The van der Waals surface area contributed by atoms with Crippen LogP contribution in [-0.2, 0) is 11.3 Å². The molecule has 1 heterocycles. The van der Waals surface area contributed by atoms with Gasteiger partial charge in [-0.15, -0.1) is 0 Å². The maximum absolute atomic E-state index is 11.0. The second kappa shape index (κ2) is 6.12. The number of nitrogens with one attached hydrogen (secondary N) is 1. The molecule has 0 radical (unpaired) electrons. The predicted molar refractivity (Wildman–Crippen MR) is 79.8 cm³/mol. The highest BCUT2D eigenvalue weighted by atomic mass is 32.1. The van der Waals surface area contributed by atoms with Crippen molar-refractivity contribution in [3.63, 3.8) is 0 Å². The van der Waals surface area contributed by atoms with E-state index in [2.05, 4.69) is 16.3 Å². The molecule has 1 amide bonds. The van der Waals surface area contributed by atoms with Crippen molar-refractivity contribution in [3.05, 3.63) is 35.4 Å². The maximum Gasteiger partial charge on any atom is 0.217 e. The summed E-state index contributed by atoms with van der Waals surface area (Å²) in [6.45, 7) is 4.33. The third-order valence-electron chi connectivity index (χ3n) is 3.30. The van der Waals surface area contributed by atoms with Gasteiger partial charge in [0.2, 0.25) is 5.91 Å². The summed E-state index contributed by atoms with van der Waals surface area (Å²) < 4.78 is 0. The number of hydrogen-bond acceptors (Lipinski definition) is 3. The first kappa shape index (κ1) is 14.0. The summed E-state index contributed by atoms with van der Waals surface area (Å²) in [6, 6.07) is 8.29. The summed E-state index contributed by atoms with van der Waals surface area (Å²) in [6.07, 6.45) is 1.01. The van der Waals surface area contributed by atoms with Gasteiger partial charge >= 0.3 is 0 Å². The number of carbonyl (C=O) groups excluding carboxylic acids is 1. The quantitative estimate of drug-likeness (QED) is 0.807. The predicted octanol–water partition coefficient (Wildman–Crippen LogP) is 1.03. The Morgan fingerprint density at radius 1 is 1.58 bits per heavy atom. The van der Waals surface area contributed by atoms with Gasteiger partial charge < -0.3 is 11.1 Å². The van der Waals surface area contributed by atoms with Gasteiger partial charge in [-0.2, -0.15) is 0 Å². The van der Waals surface area contributed by atoms with Crippen LogP contribution in [0.15, 0.2) is 24.3 Å². The third-order valence-corrected chi connectivity index (χ3v) is 3.53. The molecule has 2 rings (SSSR count). The molecule has 0 bridgehead atoms. The number of rotatable bonds is 4. The molecule has 102 valence electrons. The van der Waals surface area contributed by atoms with Crippen LogP contribution in [-0.4, -0.2) is 34.9 Å². The lowest BCUT2D eigenvalue weighted by molar-refractivity contribution is -0.119. The van der Waals surface area contributed by atoms with Gasteiger partial charge in [-0.3, -0.25) is 9.69 Å². The van der Waals surface area contributed by atoms with E-state index in [1.165, 1.54) is 5.56 Å². The molecule has 0 spiro atoms. The minimum absolute atomic E-state index is 0.0438. The molecule has 0 aliphatic carbocycles. The van der Waals surface area contributed by atoms with Gasteiger partial charge in [-0.1, -0.05) is 30.4 Å². The van der Waals surface area contributed by atoms with Crippen molar-refractivity contribution in [3.8, 4) is 0 Å². The first-order chi connectivity index (χ1) is 9.04. The summed E-state index contributed by atoms with van der Waals surface area (Å²) >= 11 is 4.99. The van der Waals surface area contributed by atoms with E-state index in [9.17, 15) is 4.79 Å². The highest BCUT2D eigenvalue weighted by Gasteiger charge is 2.22. The molecule has 5 heteroatoms. The number of nitrogens with zero attached hydrogens (tertiary/aromatic N) is 1. The van der Waals surface area contributed by atoms with Crippen LogP contribution in [0.2, 0.25) is 0 Å². The first-order valence-corrected chi connectivity index (χ1v) is 6.83. The standard InChI is InChI=1S/C14H19N3OS/c1-10(18)16-13-5-6-17(9-13)8-11-3-2-4-12(7-11)14(15)19/h2-4,7,13H,5-6,8-9H2,1H3,(H2,15,19)(H,16,18). The van der Waals surface area contributed by atoms with Crippen LogP contribution in [0.5, 0.6) is 0 Å². The van der Waals surface area contributed by atoms with E-state index in [-0.39, 0.29) is 11.9 Å². The number of likely N-dealkylation sites (tertiary alicyclic amines) is 1. The zero-order chi connectivity index (χ0) is 13.8. The van der Waals surface area contributed by atoms with E-state index in [1.54, 1.807) is 6.92 Å². The highest BCUT2D eigenvalue weighted by molar-refractivity contribution is 7.80. The molecule has 4 nitrogen and oxygen atoms in total. The van der Waals surface area contributed by atoms with Gasteiger partial charge in [0.25, 0.3) is 0 Å². The average Bonchev–Trinajstić information content (AvgIpc) is 2.76. The normalized spacial score (nSPS) is 19.3. The Bertz CT molecular complexity index is 489. The summed E-state index contributed by atoms with van der Waals surface area (Å²) in [4.78, 5) is 13.8. The van der Waals surface area contributed by atoms with Gasteiger partial charge in [0.1, 0.15) is 4.99 Å². The summed E-state index contributed by atoms with van der Waals surface area (Å²) in [5, 5.41) is 2.97. The molecule has 1 aromatic rings. The lowest BCUT2D eigenvalue weighted by Gasteiger charge is -2.16. The summed E-state index contributed by atoms with van der Waals surface area (Å²) in [7, 11) is 0. The Balaban J connectivity index is 1.93. The second-order valence-corrected chi connectivity index (χ2v) is 5.43. The SMILES string of the molecule is CC(=O)NC1CCN(Cc2cccc(C(N)=S)c2)C1. The summed E-state index contributed by atoms with van der Waals surface area (Å²) in [5.74, 6) is 0.0438. The smallest absolute Gasteiger partial charge is 0.217 e. The Morgan fingerprint density at radius 3 is 3.05 bits per heavy atom. The van der Waals surface area contributed by atoms with E-state index in [4.69, 9.17) is 18.0 Å². The second-order valence-electron chi connectivity index (χ2n) is 4.99. The Kier molecular flexibility index (Phi) is 4.50. The molecule has 0 saturated carbocycles. The van der Waals surface area contributed by atoms with Crippen molar-refractivity contribution in [2.24, 2.45) is 5.73 Å². The lowest BCUT2D eigenvalue weighted by Crippen LogP contribution is -2.35. The molecule has 1 unspecified atom stereocenters. The number of hydrogen-bond donors (Lipinski definition) is 2. The molecule has 1 atom stereocenters. The largest absolute Gasteiger partial charge is 0.389 e. The first-order valence-electron chi connectivity index (χ1n) is 6.43. The molecule has 1 fully saturated rings. The zero-order valence-electron chi connectivity index (χ0n) is 11.1. The highest BCUT2D eigenvalue weighted by Crippen LogP contribution is 2.14. The molecule has 0 aromatic heterocycles. The van der Waals surface area contributed by atoms with Gasteiger partial charge in [0, 0.05) is 38.2 Å². The van der Waals surface area contributed by atoms with Crippen LogP contribution in [0.1, 0.15) is 24.5 Å². The van der Waals surface area contributed by atoms with Gasteiger partial charge in [0.15, 0.2) is 0 Å². The number of amides is 1. The van der Waals surface area contributed by atoms with Gasteiger partial charge in [-0.25, -0.2) is 0 Å². The van der Waals surface area contributed by atoms with E-state index >= 15 is 0 Å². The number of benzene rings is 1. The molecular weight excluding hydrogens is 258 g/mol. The number of carbonyl (C=O) groups is 1. The van der Waals surface area contributed by atoms with Crippen molar-refractivity contribution in [1.29, 1.82) is 0 Å². The van der Waals surface area contributed by atoms with Crippen molar-refractivity contribution in [1.82, 2.24) is 10.2 Å². The van der Waals surface area contributed by atoms with Gasteiger partial charge in [0.05, 0.1) is 0 Å². The molecule has 19 heavy (non-hydrogen) atoms. The minimum atomic E-state index is 0.0438. The van der Waals surface area contributed by atoms with Crippen molar-refractivity contribution >= 4 is 23.1 Å².